The maximum absolute atomic E-state index is 5.84. The fourth-order valence-electron chi connectivity index (χ4n) is 2.30. The first-order valence-electron chi connectivity index (χ1n) is 6.41. The Morgan fingerprint density at radius 3 is 2.35 bits per heavy atom. The van der Waals surface area contributed by atoms with Gasteiger partial charge >= 0.3 is 0 Å². The van der Waals surface area contributed by atoms with Crippen LogP contribution in [0.4, 0.5) is 0 Å². The number of oxazole rings is 1. The molecule has 2 aromatic heterocycles. The van der Waals surface area contributed by atoms with Gasteiger partial charge in [-0.25, -0.2) is 4.98 Å². The van der Waals surface area contributed by atoms with Crippen LogP contribution in [0.5, 0.6) is 0 Å². The molecule has 3 heteroatoms. The SMILES string of the molecule is c1coc(-c2ccccc2-c2nc3ccccc3o2)c1. The topological polar surface area (TPSA) is 39.2 Å². The lowest BCUT2D eigenvalue weighted by atomic mass is 10.1. The van der Waals surface area contributed by atoms with E-state index >= 15 is 0 Å². The summed E-state index contributed by atoms with van der Waals surface area (Å²) < 4.78 is 11.3. The third-order valence-electron chi connectivity index (χ3n) is 3.24. The van der Waals surface area contributed by atoms with E-state index in [0.29, 0.717) is 5.89 Å². The number of hydrogen-bond acceptors (Lipinski definition) is 3. The van der Waals surface area contributed by atoms with Crippen LogP contribution >= 0.6 is 0 Å². The third-order valence-corrected chi connectivity index (χ3v) is 3.24. The van der Waals surface area contributed by atoms with Crippen LogP contribution in [0.25, 0.3) is 33.9 Å². The highest BCUT2D eigenvalue weighted by molar-refractivity contribution is 5.82. The molecule has 0 bridgehead atoms. The zero-order valence-electron chi connectivity index (χ0n) is 10.6. The van der Waals surface area contributed by atoms with Gasteiger partial charge in [-0.05, 0) is 30.3 Å². The lowest BCUT2D eigenvalue weighted by Crippen LogP contribution is -1.82. The number of rotatable bonds is 2. The van der Waals surface area contributed by atoms with E-state index in [9.17, 15) is 0 Å². The molecule has 0 atom stereocenters. The van der Waals surface area contributed by atoms with Crippen molar-refractivity contribution in [2.45, 2.75) is 0 Å². The second-order valence-electron chi connectivity index (χ2n) is 4.51. The Morgan fingerprint density at radius 1 is 0.750 bits per heavy atom. The molecule has 0 unspecified atom stereocenters. The van der Waals surface area contributed by atoms with Crippen molar-refractivity contribution in [3.8, 4) is 22.8 Å². The van der Waals surface area contributed by atoms with E-state index in [1.807, 2.05) is 60.7 Å². The van der Waals surface area contributed by atoms with Gasteiger partial charge in [0.25, 0.3) is 0 Å². The number of fused-ring (bicyclic) bond motifs is 1. The molecule has 4 rings (SSSR count). The number of benzene rings is 2. The van der Waals surface area contributed by atoms with E-state index < -0.39 is 0 Å². The summed E-state index contributed by atoms with van der Waals surface area (Å²) in [5, 5.41) is 0. The molecule has 0 spiro atoms. The Kier molecular flexibility index (Phi) is 2.42. The van der Waals surface area contributed by atoms with E-state index in [2.05, 4.69) is 4.98 Å². The maximum Gasteiger partial charge on any atom is 0.228 e. The Bertz CT molecular complexity index is 826. The molecule has 0 aliphatic carbocycles. The molecule has 2 aromatic carbocycles. The van der Waals surface area contributed by atoms with E-state index in [1.54, 1.807) is 6.26 Å². The molecule has 0 saturated carbocycles. The molecular formula is C17H11NO2. The second kappa shape index (κ2) is 4.38. The van der Waals surface area contributed by atoms with Gasteiger partial charge in [0.05, 0.1) is 6.26 Å². The quantitative estimate of drug-likeness (QED) is 0.522. The van der Waals surface area contributed by atoms with Gasteiger partial charge in [-0.1, -0.05) is 30.3 Å². The van der Waals surface area contributed by atoms with Crippen molar-refractivity contribution in [3.05, 3.63) is 66.9 Å². The summed E-state index contributed by atoms with van der Waals surface area (Å²) in [6.07, 6.45) is 1.66. The fourth-order valence-corrected chi connectivity index (χ4v) is 2.30. The molecule has 96 valence electrons. The monoisotopic (exact) mass is 261 g/mol. The van der Waals surface area contributed by atoms with Crippen LogP contribution in [-0.4, -0.2) is 4.98 Å². The highest BCUT2D eigenvalue weighted by Crippen LogP contribution is 2.33. The molecule has 0 aliphatic rings. The molecular weight excluding hydrogens is 250 g/mol. The van der Waals surface area contributed by atoms with Crippen molar-refractivity contribution in [2.24, 2.45) is 0 Å². The van der Waals surface area contributed by atoms with Crippen molar-refractivity contribution in [2.75, 3.05) is 0 Å². The van der Waals surface area contributed by atoms with E-state index in [-0.39, 0.29) is 0 Å². The first kappa shape index (κ1) is 11.1. The molecule has 3 nitrogen and oxygen atoms in total. The Hall–Kier alpha value is -2.81. The van der Waals surface area contributed by atoms with Crippen molar-refractivity contribution in [3.63, 3.8) is 0 Å². The third kappa shape index (κ3) is 1.72. The van der Waals surface area contributed by atoms with Gasteiger partial charge in [-0.15, -0.1) is 0 Å². The second-order valence-corrected chi connectivity index (χ2v) is 4.51. The Balaban J connectivity index is 1.94. The molecule has 2 heterocycles. The number of para-hydroxylation sites is 2. The highest BCUT2D eigenvalue weighted by Gasteiger charge is 2.14. The van der Waals surface area contributed by atoms with Crippen LogP contribution in [0, 0.1) is 0 Å². The summed E-state index contributed by atoms with van der Waals surface area (Å²) in [6, 6.07) is 19.5. The summed E-state index contributed by atoms with van der Waals surface area (Å²) in [6.45, 7) is 0. The summed E-state index contributed by atoms with van der Waals surface area (Å²) in [5.74, 6) is 1.42. The van der Waals surface area contributed by atoms with Crippen LogP contribution in [0.15, 0.2) is 75.8 Å². The number of aromatic nitrogens is 1. The lowest BCUT2D eigenvalue weighted by Gasteiger charge is -2.02. The molecule has 4 aromatic rings. The molecule has 0 fully saturated rings. The highest BCUT2D eigenvalue weighted by atomic mass is 16.3. The van der Waals surface area contributed by atoms with Gasteiger partial charge in [0, 0.05) is 11.1 Å². The Morgan fingerprint density at radius 2 is 1.55 bits per heavy atom. The van der Waals surface area contributed by atoms with Crippen LogP contribution in [0.1, 0.15) is 0 Å². The first-order chi connectivity index (χ1) is 9.92. The zero-order valence-corrected chi connectivity index (χ0v) is 10.6. The van der Waals surface area contributed by atoms with Crippen molar-refractivity contribution < 1.29 is 8.83 Å². The van der Waals surface area contributed by atoms with E-state index in [0.717, 1.165) is 28.0 Å². The summed E-state index contributed by atoms with van der Waals surface area (Å²) in [5.41, 5.74) is 3.55. The van der Waals surface area contributed by atoms with Gasteiger partial charge in [0.2, 0.25) is 5.89 Å². The number of nitrogens with zero attached hydrogens (tertiary/aromatic N) is 1. The molecule has 20 heavy (non-hydrogen) atoms. The Labute approximate surface area is 115 Å². The van der Waals surface area contributed by atoms with Gasteiger partial charge in [-0.2, -0.15) is 0 Å². The van der Waals surface area contributed by atoms with Gasteiger partial charge in [-0.3, -0.25) is 0 Å². The van der Waals surface area contributed by atoms with Gasteiger partial charge < -0.3 is 8.83 Å². The first-order valence-corrected chi connectivity index (χ1v) is 6.41. The number of furan rings is 1. The average Bonchev–Trinajstić information content (AvgIpc) is 3.16. The summed E-state index contributed by atoms with van der Waals surface area (Å²) in [7, 11) is 0. The fraction of sp³-hybridized carbons (Fsp3) is 0. The molecule has 0 aliphatic heterocycles. The van der Waals surface area contributed by atoms with Crippen LogP contribution in [0.2, 0.25) is 0 Å². The predicted molar refractivity (Wildman–Crippen MR) is 77.1 cm³/mol. The van der Waals surface area contributed by atoms with Crippen LogP contribution in [0.3, 0.4) is 0 Å². The largest absolute Gasteiger partial charge is 0.464 e. The van der Waals surface area contributed by atoms with E-state index in [1.165, 1.54) is 0 Å². The zero-order chi connectivity index (χ0) is 13.4. The summed E-state index contributed by atoms with van der Waals surface area (Å²) in [4.78, 5) is 4.55. The lowest BCUT2D eigenvalue weighted by molar-refractivity contribution is 0.581. The molecule has 0 saturated heterocycles. The van der Waals surface area contributed by atoms with Crippen molar-refractivity contribution in [1.82, 2.24) is 4.98 Å². The van der Waals surface area contributed by atoms with Crippen LogP contribution in [-0.2, 0) is 0 Å². The normalized spacial score (nSPS) is 11.0. The minimum atomic E-state index is 0.609. The number of hydrogen-bond donors (Lipinski definition) is 0. The smallest absolute Gasteiger partial charge is 0.228 e. The van der Waals surface area contributed by atoms with Crippen molar-refractivity contribution >= 4 is 11.1 Å². The van der Waals surface area contributed by atoms with Crippen molar-refractivity contribution in [1.29, 1.82) is 0 Å². The van der Waals surface area contributed by atoms with E-state index in [4.69, 9.17) is 8.83 Å². The van der Waals surface area contributed by atoms with Crippen LogP contribution < -0.4 is 0 Å². The molecule has 0 radical (unpaired) electrons. The average molecular weight is 261 g/mol. The molecule has 0 amide bonds. The molecule has 0 N–H and O–H groups in total. The van der Waals surface area contributed by atoms with Gasteiger partial charge in [0.15, 0.2) is 5.58 Å². The minimum Gasteiger partial charge on any atom is -0.464 e. The minimum absolute atomic E-state index is 0.609. The van der Waals surface area contributed by atoms with Gasteiger partial charge in [0.1, 0.15) is 11.3 Å². The maximum atomic E-state index is 5.84. The summed E-state index contributed by atoms with van der Waals surface area (Å²) >= 11 is 0. The standard InChI is InChI=1S/C17H11NO2/c1-2-7-13(12(6-1)15-10-5-11-19-15)17-18-14-8-3-4-9-16(14)20-17/h1-11H. The predicted octanol–water partition coefficient (Wildman–Crippen LogP) is 4.75.